The van der Waals surface area contributed by atoms with E-state index >= 15 is 0 Å². The average molecular weight is 590 g/mol. The summed E-state index contributed by atoms with van der Waals surface area (Å²) in [6.07, 6.45) is 4.31. The summed E-state index contributed by atoms with van der Waals surface area (Å²) in [5.74, 6) is -0.468. The monoisotopic (exact) mass is 589 g/mol. The summed E-state index contributed by atoms with van der Waals surface area (Å²) < 4.78 is 42.8. The fraction of sp³-hybridized carbons (Fsp3) is 0.172. The van der Waals surface area contributed by atoms with Gasteiger partial charge in [-0.3, -0.25) is 4.79 Å². The second-order valence-corrected chi connectivity index (χ2v) is 11.3. The molecule has 0 amide bonds. The number of nitrogens with one attached hydrogen (secondary N) is 1. The van der Waals surface area contributed by atoms with Gasteiger partial charge < -0.3 is 19.6 Å². The Hall–Kier alpha value is -4.88. The van der Waals surface area contributed by atoms with Gasteiger partial charge in [0.25, 0.3) is 10.0 Å². The third-order valence-corrected chi connectivity index (χ3v) is 8.03. The molecule has 0 spiro atoms. The van der Waals surface area contributed by atoms with Gasteiger partial charge >= 0.3 is 6.47 Å². The molecule has 0 atom stereocenters. The molecule has 42 heavy (non-hydrogen) atoms. The summed E-state index contributed by atoms with van der Waals surface area (Å²) in [7, 11) is -0.412. The van der Waals surface area contributed by atoms with Crippen LogP contribution in [0.4, 0.5) is 21.6 Å². The van der Waals surface area contributed by atoms with E-state index in [9.17, 15) is 17.6 Å². The van der Waals surface area contributed by atoms with Crippen molar-refractivity contribution in [1.29, 1.82) is 0 Å². The maximum absolute atomic E-state index is 14.2. The molecule has 5 rings (SSSR count). The van der Waals surface area contributed by atoms with Crippen LogP contribution in [0.5, 0.6) is 0 Å². The first kappa shape index (κ1) is 28.6. The lowest BCUT2D eigenvalue weighted by Crippen LogP contribution is -2.31. The molecule has 216 valence electrons. The van der Waals surface area contributed by atoms with E-state index in [4.69, 9.17) is 4.84 Å². The van der Waals surface area contributed by atoms with Crippen molar-refractivity contribution in [3.63, 3.8) is 0 Å². The number of aryl methyl sites for hydroxylation is 1. The molecular weight excluding hydrogens is 561 g/mol. The molecule has 0 saturated carbocycles. The summed E-state index contributed by atoms with van der Waals surface area (Å²) in [6.45, 7) is 1.83. The van der Waals surface area contributed by atoms with Gasteiger partial charge in [0.15, 0.2) is 0 Å². The van der Waals surface area contributed by atoms with Gasteiger partial charge in [0.05, 0.1) is 28.7 Å². The zero-order valence-corrected chi connectivity index (χ0v) is 23.7. The number of benzene rings is 3. The van der Waals surface area contributed by atoms with Crippen LogP contribution >= 0.6 is 0 Å². The van der Waals surface area contributed by atoms with Crippen LogP contribution in [0.15, 0.2) is 90.3 Å². The van der Waals surface area contributed by atoms with E-state index in [1.165, 1.54) is 30.6 Å². The molecule has 0 aliphatic rings. The van der Waals surface area contributed by atoms with Crippen LogP contribution in [0, 0.1) is 5.82 Å². The minimum atomic E-state index is -4.52. The topological polar surface area (TPSA) is 123 Å². The number of sulfonamides is 1. The van der Waals surface area contributed by atoms with E-state index in [0.717, 1.165) is 48.2 Å². The summed E-state index contributed by atoms with van der Waals surface area (Å²) in [4.78, 5) is 30.6. The maximum Gasteiger partial charge on any atom is 0.322 e. The van der Waals surface area contributed by atoms with Crippen molar-refractivity contribution in [1.82, 2.24) is 24.4 Å². The molecule has 5 aromatic rings. The Morgan fingerprint density at radius 2 is 1.79 bits per heavy atom. The molecular formula is C29H28FN7O4S. The fourth-order valence-corrected chi connectivity index (χ4v) is 5.69. The molecule has 0 unspecified atom stereocenters. The number of rotatable bonds is 12. The van der Waals surface area contributed by atoms with Crippen LogP contribution in [0.1, 0.15) is 6.42 Å². The normalized spacial score (nSPS) is 11.5. The molecule has 2 heterocycles. The molecule has 0 aliphatic heterocycles. The van der Waals surface area contributed by atoms with E-state index in [2.05, 4.69) is 43.8 Å². The third kappa shape index (κ3) is 6.21. The smallest absolute Gasteiger partial charge is 0.322 e. The highest BCUT2D eigenvalue weighted by Crippen LogP contribution is 2.28. The zero-order valence-electron chi connectivity index (χ0n) is 22.9. The Kier molecular flexibility index (Phi) is 8.41. The number of aromatic nitrogens is 4. The largest absolute Gasteiger partial charge is 0.340 e. The Bertz CT molecular complexity index is 1810. The number of hydrogen-bond acceptors (Lipinski definition) is 9. The van der Waals surface area contributed by atoms with Crippen LogP contribution in [-0.2, 0) is 26.2 Å². The minimum Gasteiger partial charge on any atom is -0.340 e. The van der Waals surface area contributed by atoms with E-state index in [0.29, 0.717) is 21.7 Å². The lowest BCUT2D eigenvalue weighted by atomic mass is 10.1. The molecule has 13 heteroatoms. The van der Waals surface area contributed by atoms with Gasteiger partial charge in [-0.15, -0.1) is 0 Å². The highest BCUT2D eigenvalue weighted by molar-refractivity contribution is 7.92. The van der Waals surface area contributed by atoms with Gasteiger partial charge in [-0.05, 0) is 75.6 Å². The Morgan fingerprint density at radius 1 is 1.00 bits per heavy atom. The van der Waals surface area contributed by atoms with Crippen molar-refractivity contribution >= 4 is 44.7 Å². The number of halogens is 1. The predicted molar refractivity (Wildman–Crippen MR) is 157 cm³/mol. The maximum atomic E-state index is 14.2. The average Bonchev–Trinajstić information content (AvgIpc) is 3.38. The van der Waals surface area contributed by atoms with Crippen LogP contribution in [0.2, 0.25) is 0 Å². The summed E-state index contributed by atoms with van der Waals surface area (Å²) in [6, 6.07) is 18.6. The molecule has 0 bridgehead atoms. The van der Waals surface area contributed by atoms with Gasteiger partial charge in [-0.2, -0.15) is 8.42 Å². The molecule has 0 aliphatic carbocycles. The van der Waals surface area contributed by atoms with E-state index < -0.39 is 20.7 Å². The quantitative estimate of drug-likeness (QED) is 0.164. The van der Waals surface area contributed by atoms with Gasteiger partial charge in [0.2, 0.25) is 0 Å². The molecule has 2 aromatic heterocycles. The van der Waals surface area contributed by atoms with Crippen molar-refractivity contribution in [2.24, 2.45) is 0 Å². The molecule has 1 N–H and O–H groups in total. The highest BCUT2D eigenvalue weighted by Gasteiger charge is 2.29. The summed E-state index contributed by atoms with van der Waals surface area (Å²) in [5.41, 5.74) is 4.05. The predicted octanol–water partition coefficient (Wildman–Crippen LogP) is 4.61. The summed E-state index contributed by atoms with van der Waals surface area (Å²) >= 11 is 0. The van der Waals surface area contributed by atoms with E-state index in [1.54, 1.807) is 18.2 Å². The van der Waals surface area contributed by atoms with Crippen LogP contribution in [-0.4, -0.2) is 59.9 Å². The first-order valence-corrected chi connectivity index (χ1v) is 14.4. The third-order valence-electron chi connectivity index (χ3n) is 6.41. The minimum absolute atomic E-state index is 0.00580. The first-order chi connectivity index (χ1) is 20.3. The number of anilines is 3. The molecule has 0 saturated heterocycles. The van der Waals surface area contributed by atoms with Gasteiger partial charge in [0.1, 0.15) is 22.9 Å². The standard InChI is InChI=1S/C29H28FN7O4S/c1-35(2)14-5-15-36-19-33-26-16-21(8-13-27(26)36)25-17-29(32-18-31-25)34-22-9-11-23(12-10-22)37(41-20-38)42(39,40)28-7-4-3-6-24(28)30/h3-4,6-13,16-20H,5,14-15H2,1-2H3,(H,31,32,34). The number of nitrogens with zero attached hydrogens (tertiary/aromatic N) is 6. The SMILES string of the molecule is CN(C)CCCn1cnc2cc(-c3cc(Nc4ccc(N(OC=O)S(=O)(=O)c5ccccc5F)cc4)ncn3)ccc21. The second-order valence-electron chi connectivity index (χ2n) is 9.62. The Labute approximate surface area is 242 Å². The van der Waals surface area contributed by atoms with Crippen molar-refractivity contribution in [3.8, 4) is 11.3 Å². The lowest BCUT2D eigenvalue weighted by Gasteiger charge is -2.21. The first-order valence-electron chi connectivity index (χ1n) is 13.0. The molecule has 11 nitrogen and oxygen atoms in total. The van der Waals surface area contributed by atoms with Crippen molar-refractivity contribution in [2.75, 3.05) is 30.4 Å². The van der Waals surface area contributed by atoms with Crippen molar-refractivity contribution in [2.45, 2.75) is 17.9 Å². The van der Waals surface area contributed by atoms with Crippen molar-refractivity contribution in [3.05, 3.63) is 91.3 Å². The van der Waals surface area contributed by atoms with Crippen molar-refractivity contribution < 1.29 is 22.4 Å². The van der Waals surface area contributed by atoms with Gasteiger partial charge in [-0.1, -0.05) is 22.7 Å². The number of carbonyl (C=O) groups excluding carboxylic acids is 1. The number of fused-ring (bicyclic) bond motifs is 1. The summed E-state index contributed by atoms with van der Waals surface area (Å²) in [5, 5.41) is 3.15. The van der Waals surface area contributed by atoms with Crippen LogP contribution in [0.25, 0.3) is 22.3 Å². The number of hydrogen-bond donors (Lipinski definition) is 1. The number of carbonyl (C=O) groups is 1. The molecule has 3 aromatic carbocycles. The van der Waals surface area contributed by atoms with E-state index in [1.807, 2.05) is 24.5 Å². The highest BCUT2D eigenvalue weighted by atomic mass is 32.2. The number of imidazole rings is 1. The molecule has 0 radical (unpaired) electrons. The van der Waals surface area contributed by atoms with Gasteiger partial charge in [0, 0.05) is 23.9 Å². The Balaban J connectivity index is 1.33. The zero-order chi connectivity index (χ0) is 29.7. The Morgan fingerprint density at radius 3 is 2.52 bits per heavy atom. The van der Waals surface area contributed by atoms with E-state index in [-0.39, 0.29) is 12.2 Å². The van der Waals surface area contributed by atoms with Crippen LogP contribution < -0.4 is 9.79 Å². The second kappa shape index (κ2) is 12.3. The molecule has 0 fully saturated rings. The van der Waals surface area contributed by atoms with Crippen LogP contribution in [0.3, 0.4) is 0 Å². The van der Waals surface area contributed by atoms with Gasteiger partial charge in [-0.25, -0.2) is 19.3 Å². The lowest BCUT2D eigenvalue weighted by molar-refractivity contribution is -0.128. The fourth-order valence-electron chi connectivity index (χ4n) is 4.40.